The fraction of sp³-hybridized carbons (Fsp3) is 0.533. The number of aromatic nitrogens is 3. The van der Waals surface area contributed by atoms with E-state index < -0.39 is 11.6 Å². The first-order valence-electron chi connectivity index (χ1n) is 7.26. The first-order chi connectivity index (χ1) is 10.4. The van der Waals surface area contributed by atoms with Gasteiger partial charge in [-0.2, -0.15) is 0 Å². The van der Waals surface area contributed by atoms with Gasteiger partial charge in [-0.15, -0.1) is 5.10 Å². The van der Waals surface area contributed by atoms with Crippen LogP contribution in [0.1, 0.15) is 36.5 Å². The lowest BCUT2D eigenvalue weighted by atomic mass is 9.98. The topological polar surface area (TPSA) is 80.0 Å². The zero-order valence-electron chi connectivity index (χ0n) is 13.2. The monoisotopic (exact) mass is 304 g/mol. The number of ether oxygens (including phenoxy) is 1. The summed E-state index contributed by atoms with van der Waals surface area (Å²) in [6, 6.07) is 3.47. The van der Waals surface area contributed by atoms with E-state index in [0.29, 0.717) is 35.9 Å². The molecule has 0 aromatic carbocycles. The Kier molecular flexibility index (Phi) is 3.32. The van der Waals surface area contributed by atoms with Crippen molar-refractivity contribution in [3.05, 3.63) is 23.5 Å². The number of imidazole rings is 1. The van der Waals surface area contributed by atoms with Gasteiger partial charge in [0.15, 0.2) is 11.3 Å². The lowest BCUT2D eigenvalue weighted by molar-refractivity contribution is 0.0387. The molecule has 0 radical (unpaired) electrons. The summed E-state index contributed by atoms with van der Waals surface area (Å²) in [7, 11) is 1.53. The van der Waals surface area contributed by atoms with Crippen LogP contribution in [0, 0.1) is 6.92 Å². The van der Waals surface area contributed by atoms with Crippen LogP contribution in [0.3, 0.4) is 0 Å². The van der Waals surface area contributed by atoms with Crippen LogP contribution in [0.25, 0.3) is 5.65 Å². The summed E-state index contributed by atoms with van der Waals surface area (Å²) in [5.74, 6) is 0.243. The zero-order chi connectivity index (χ0) is 16.1. The standard InChI is InChI=1S/C15H20N4O3/c1-9-13(14(21)18-8-7-10(20)15(18,2)3)19-11(16-9)5-6-12(17-19)22-4/h5-6,10,20H,7-8H2,1-4H3. The van der Waals surface area contributed by atoms with Crippen molar-refractivity contribution in [2.75, 3.05) is 13.7 Å². The quantitative estimate of drug-likeness (QED) is 0.896. The van der Waals surface area contributed by atoms with Gasteiger partial charge in [0.1, 0.15) is 0 Å². The molecule has 1 fully saturated rings. The first-order valence-corrected chi connectivity index (χ1v) is 7.26. The number of nitrogens with zero attached hydrogens (tertiary/aromatic N) is 4. The summed E-state index contributed by atoms with van der Waals surface area (Å²) >= 11 is 0. The number of fused-ring (bicyclic) bond motifs is 1. The fourth-order valence-electron chi connectivity index (χ4n) is 2.94. The molecule has 0 bridgehead atoms. The molecule has 22 heavy (non-hydrogen) atoms. The van der Waals surface area contributed by atoms with Crippen molar-refractivity contribution in [1.29, 1.82) is 0 Å². The van der Waals surface area contributed by atoms with Gasteiger partial charge in [0.25, 0.3) is 5.91 Å². The van der Waals surface area contributed by atoms with Crippen molar-refractivity contribution < 1.29 is 14.6 Å². The molecule has 7 nitrogen and oxygen atoms in total. The number of aryl methyl sites for hydroxylation is 1. The summed E-state index contributed by atoms with van der Waals surface area (Å²) in [6.07, 6.45) is 0.0455. The predicted octanol–water partition coefficient (Wildman–Crippen LogP) is 1.03. The van der Waals surface area contributed by atoms with E-state index in [0.717, 1.165) is 0 Å². The Morgan fingerprint density at radius 3 is 2.77 bits per heavy atom. The van der Waals surface area contributed by atoms with E-state index in [4.69, 9.17) is 4.74 Å². The molecule has 0 saturated carbocycles. The van der Waals surface area contributed by atoms with Crippen LogP contribution in [0.4, 0.5) is 0 Å². The van der Waals surface area contributed by atoms with Gasteiger partial charge >= 0.3 is 0 Å². The molecule has 1 amide bonds. The SMILES string of the molecule is COc1ccc2nc(C)c(C(=O)N3CCC(O)C3(C)C)n2n1. The van der Waals surface area contributed by atoms with E-state index in [1.54, 1.807) is 24.0 Å². The van der Waals surface area contributed by atoms with E-state index in [1.165, 1.54) is 11.6 Å². The minimum atomic E-state index is -0.605. The van der Waals surface area contributed by atoms with Gasteiger partial charge in [-0.05, 0) is 33.3 Å². The van der Waals surface area contributed by atoms with Crippen LogP contribution in [0.15, 0.2) is 12.1 Å². The van der Waals surface area contributed by atoms with Crippen molar-refractivity contribution in [3.8, 4) is 5.88 Å². The van der Waals surface area contributed by atoms with Crippen molar-refractivity contribution in [2.24, 2.45) is 0 Å². The largest absolute Gasteiger partial charge is 0.480 e. The van der Waals surface area contributed by atoms with E-state index in [1.807, 2.05) is 13.8 Å². The molecule has 1 unspecified atom stereocenters. The van der Waals surface area contributed by atoms with Gasteiger partial charge < -0.3 is 14.7 Å². The Balaban J connectivity index is 2.09. The van der Waals surface area contributed by atoms with Crippen LogP contribution in [-0.2, 0) is 0 Å². The van der Waals surface area contributed by atoms with Crippen LogP contribution < -0.4 is 4.74 Å². The van der Waals surface area contributed by atoms with Crippen molar-refractivity contribution in [2.45, 2.75) is 38.8 Å². The molecular formula is C15H20N4O3. The third-order valence-corrected chi connectivity index (χ3v) is 4.42. The number of hydrogen-bond acceptors (Lipinski definition) is 5. The highest BCUT2D eigenvalue weighted by Gasteiger charge is 2.44. The maximum atomic E-state index is 13.0. The number of likely N-dealkylation sites (tertiary alicyclic amines) is 1. The van der Waals surface area contributed by atoms with Gasteiger partial charge in [-0.1, -0.05) is 0 Å². The summed E-state index contributed by atoms with van der Waals surface area (Å²) in [5, 5.41) is 14.4. The molecule has 2 aromatic heterocycles. The van der Waals surface area contributed by atoms with E-state index >= 15 is 0 Å². The average molecular weight is 304 g/mol. The van der Waals surface area contributed by atoms with Gasteiger partial charge in [0.05, 0.1) is 24.4 Å². The Morgan fingerprint density at radius 1 is 1.45 bits per heavy atom. The maximum absolute atomic E-state index is 13.0. The van der Waals surface area contributed by atoms with Crippen molar-refractivity contribution >= 4 is 11.6 Å². The number of aliphatic hydroxyl groups excluding tert-OH is 1. The molecule has 1 aliphatic heterocycles. The molecule has 0 spiro atoms. The molecule has 3 heterocycles. The van der Waals surface area contributed by atoms with Crippen LogP contribution in [0.5, 0.6) is 5.88 Å². The Morgan fingerprint density at radius 2 is 2.18 bits per heavy atom. The Bertz CT molecular complexity index is 738. The molecule has 1 N–H and O–H groups in total. The molecule has 1 saturated heterocycles. The summed E-state index contributed by atoms with van der Waals surface area (Å²) in [5.41, 5.74) is 1.02. The summed E-state index contributed by atoms with van der Waals surface area (Å²) < 4.78 is 6.64. The van der Waals surface area contributed by atoms with Gasteiger partial charge in [-0.3, -0.25) is 4.79 Å². The van der Waals surface area contributed by atoms with E-state index in [-0.39, 0.29) is 5.91 Å². The second-order valence-electron chi connectivity index (χ2n) is 6.11. The number of rotatable bonds is 2. The zero-order valence-corrected chi connectivity index (χ0v) is 13.2. The molecular weight excluding hydrogens is 284 g/mol. The number of aliphatic hydroxyl groups is 1. The number of hydrogen-bond donors (Lipinski definition) is 1. The summed E-state index contributed by atoms with van der Waals surface area (Å²) in [6.45, 7) is 6.04. The number of amides is 1. The first kappa shape index (κ1) is 14.8. The maximum Gasteiger partial charge on any atom is 0.275 e. The van der Waals surface area contributed by atoms with Crippen LogP contribution in [0.2, 0.25) is 0 Å². The molecule has 118 valence electrons. The van der Waals surface area contributed by atoms with Crippen molar-refractivity contribution in [3.63, 3.8) is 0 Å². The molecule has 0 aliphatic carbocycles. The second kappa shape index (κ2) is 4.95. The lowest BCUT2D eigenvalue weighted by Gasteiger charge is -2.33. The molecule has 3 rings (SSSR count). The number of carbonyl (C=O) groups excluding carboxylic acids is 1. The predicted molar refractivity (Wildman–Crippen MR) is 80.0 cm³/mol. The Labute approximate surface area is 128 Å². The van der Waals surface area contributed by atoms with E-state index in [2.05, 4.69) is 10.1 Å². The third kappa shape index (κ3) is 2.04. The Hall–Kier alpha value is -2.15. The molecule has 1 aliphatic rings. The molecule has 2 aromatic rings. The number of carbonyl (C=O) groups is 1. The highest BCUT2D eigenvalue weighted by atomic mass is 16.5. The lowest BCUT2D eigenvalue weighted by Crippen LogP contribution is -2.48. The smallest absolute Gasteiger partial charge is 0.275 e. The van der Waals surface area contributed by atoms with Crippen LogP contribution >= 0.6 is 0 Å². The van der Waals surface area contributed by atoms with Crippen molar-refractivity contribution in [1.82, 2.24) is 19.5 Å². The highest BCUT2D eigenvalue weighted by molar-refractivity contribution is 5.95. The fourth-order valence-corrected chi connectivity index (χ4v) is 2.94. The minimum Gasteiger partial charge on any atom is -0.480 e. The third-order valence-electron chi connectivity index (χ3n) is 4.42. The minimum absolute atomic E-state index is 0.174. The van der Waals surface area contributed by atoms with Crippen LogP contribution in [-0.4, -0.2) is 55.8 Å². The number of methoxy groups -OCH3 is 1. The molecule has 1 atom stereocenters. The highest BCUT2D eigenvalue weighted by Crippen LogP contribution is 2.31. The molecule has 7 heteroatoms. The van der Waals surface area contributed by atoms with Gasteiger partial charge in [0.2, 0.25) is 5.88 Å². The summed E-state index contributed by atoms with van der Waals surface area (Å²) in [4.78, 5) is 19.0. The van der Waals surface area contributed by atoms with Gasteiger partial charge in [0, 0.05) is 12.6 Å². The van der Waals surface area contributed by atoms with E-state index in [9.17, 15) is 9.90 Å². The average Bonchev–Trinajstić information content (AvgIpc) is 2.94. The normalized spacial score (nSPS) is 20.6. The second-order valence-corrected chi connectivity index (χ2v) is 6.11. The van der Waals surface area contributed by atoms with Gasteiger partial charge in [-0.25, -0.2) is 9.50 Å².